The minimum atomic E-state index is -0.777. The predicted molar refractivity (Wildman–Crippen MR) is 98.7 cm³/mol. The fraction of sp³-hybridized carbons (Fsp3) is 0.176. The van der Waals surface area contributed by atoms with Crippen LogP contribution in [-0.2, 0) is 0 Å². The van der Waals surface area contributed by atoms with Crippen LogP contribution in [0.3, 0.4) is 0 Å². The molecule has 0 aromatic heterocycles. The van der Waals surface area contributed by atoms with Crippen molar-refractivity contribution in [3.63, 3.8) is 0 Å². The second-order valence-corrected chi connectivity index (χ2v) is 5.63. The molecule has 3 N–H and O–H groups in total. The number of anilines is 1. The third-order valence-electron chi connectivity index (χ3n) is 3.51. The number of hydrogen-bond donors (Lipinski definition) is 2. The first kappa shape index (κ1) is 20.0. The molecule has 2 rings (SSSR count). The van der Waals surface area contributed by atoms with E-state index in [1.807, 2.05) is 0 Å². The van der Waals surface area contributed by atoms with E-state index in [-0.39, 0.29) is 39.9 Å². The summed E-state index contributed by atoms with van der Waals surface area (Å²) in [4.78, 5) is 34.6. The summed E-state index contributed by atoms with van der Waals surface area (Å²) in [6, 6.07) is 6.42. The zero-order valence-electron chi connectivity index (χ0n) is 14.4. The second kappa shape index (κ2) is 8.37. The van der Waals surface area contributed by atoms with Crippen LogP contribution < -0.4 is 20.5 Å². The number of primary amides is 1. The molecule has 0 aliphatic rings. The van der Waals surface area contributed by atoms with Gasteiger partial charge >= 0.3 is 0 Å². The molecule has 0 saturated heterocycles. The van der Waals surface area contributed by atoms with Crippen LogP contribution in [0.15, 0.2) is 30.3 Å². The molecule has 0 aliphatic heterocycles. The number of carbonyl (C=O) groups is 2. The van der Waals surface area contributed by atoms with Gasteiger partial charge in [0.15, 0.2) is 11.5 Å². The highest BCUT2D eigenvalue weighted by Crippen LogP contribution is 2.35. The van der Waals surface area contributed by atoms with E-state index >= 15 is 0 Å². The Balaban J connectivity index is 2.44. The number of rotatable bonds is 7. The Kier molecular flexibility index (Phi) is 6.19. The Morgan fingerprint density at radius 3 is 2.48 bits per heavy atom. The monoisotopic (exact) mass is 393 g/mol. The molecule has 0 spiro atoms. The maximum Gasteiger partial charge on any atom is 0.286 e. The van der Waals surface area contributed by atoms with E-state index in [9.17, 15) is 19.7 Å². The lowest BCUT2D eigenvalue weighted by atomic mass is 10.1. The van der Waals surface area contributed by atoms with Crippen LogP contribution in [0.4, 0.5) is 11.4 Å². The number of nitrogens with two attached hydrogens (primary N) is 1. The molecule has 0 heterocycles. The summed E-state index contributed by atoms with van der Waals surface area (Å²) in [6.45, 7) is 1.97. The van der Waals surface area contributed by atoms with Crippen molar-refractivity contribution >= 4 is 34.8 Å². The smallest absolute Gasteiger partial charge is 0.286 e. The highest BCUT2D eigenvalue weighted by atomic mass is 35.5. The Bertz CT molecular complexity index is 916. The second-order valence-electron chi connectivity index (χ2n) is 5.22. The fourth-order valence-electron chi connectivity index (χ4n) is 2.30. The zero-order valence-corrected chi connectivity index (χ0v) is 15.2. The average Bonchev–Trinajstić information content (AvgIpc) is 2.62. The molecule has 27 heavy (non-hydrogen) atoms. The van der Waals surface area contributed by atoms with Crippen LogP contribution in [0, 0.1) is 10.1 Å². The van der Waals surface area contributed by atoms with Crippen molar-refractivity contribution < 1.29 is 24.0 Å². The molecule has 10 heteroatoms. The third kappa shape index (κ3) is 4.45. The SMILES string of the molecule is CCOc1cc([N+](=O)[O-])c(C(=O)Nc2ccc(Cl)c(C(N)=O)c2)cc1OC. The van der Waals surface area contributed by atoms with Crippen molar-refractivity contribution in [2.24, 2.45) is 5.73 Å². The van der Waals surface area contributed by atoms with Gasteiger partial charge in [0.25, 0.3) is 11.6 Å². The molecule has 0 radical (unpaired) electrons. The number of nitro benzene ring substituents is 1. The third-order valence-corrected chi connectivity index (χ3v) is 3.84. The normalized spacial score (nSPS) is 10.2. The van der Waals surface area contributed by atoms with E-state index < -0.39 is 22.4 Å². The number of ether oxygens (including phenoxy) is 2. The van der Waals surface area contributed by atoms with Gasteiger partial charge in [-0.25, -0.2) is 0 Å². The van der Waals surface area contributed by atoms with E-state index in [0.717, 1.165) is 6.07 Å². The first-order valence-electron chi connectivity index (χ1n) is 7.68. The van der Waals surface area contributed by atoms with E-state index in [4.69, 9.17) is 26.8 Å². The first-order valence-corrected chi connectivity index (χ1v) is 8.06. The highest BCUT2D eigenvalue weighted by molar-refractivity contribution is 6.34. The van der Waals surface area contributed by atoms with Crippen molar-refractivity contribution in [1.82, 2.24) is 0 Å². The molecular weight excluding hydrogens is 378 g/mol. The van der Waals surface area contributed by atoms with Crippen LogP contribution in [0.25, 0.3) is 0 Å². The number of hydrogen-bond acceptors (Lipinski definition) is 6. The number of nitrogens with zero attached hydrogens (tertiary/aromatic N) is 1. The zero-order chi connectivity index (χ0) is 20.1. The van der Waals surface area contributed by atoms with E-state index in [2.05, 4.69) is 5.32 Å². The van der Waals surface area contributed by atoms with Crippen LogP contribution in [-0.4, -0.2) is 30.5 Å². The topological polar surface area (TPSA) is 134 Å². The number of methoxy groups -OCH3 is 1. The summed E-state index contributed by atoms with van der Waals surface area (Å²) >= 11 is 5.86. The molecular formula is C17H16ClN3O6. The molecule has 0 fully saturated rings. The summed E-state index contributed by atoms with van der Waals surface area (Å²) in [5.74, 6) is -1.24. The fourth-order valence-corrected chi connectivity index (χ4v) is 2.51. The maximum absolute atomic E-state index is 12.6. The summed E-state index contributed by atoms with van der Waals surface area (Å²) in [6.07, 6.45) is 0. The van der Waals surface area contributed by atoms with E-state index in [1.165, 1.54) is 31.4 Å². The highest BCUT2D eigenvalue weighted by Gasteiger charge is 2.25. The molecule has 0 saturated carbocycles. The summed E-state index contributed by atoms with van der Waals surface area (Å²) in [7, 11) is 1.35. The molecule has 0 bridgehead atoms. The minimum Gasteiger partial charge on any atom is -0.493 e. The Morgan fingerprint density at radius 1 is 1.22 bits per heavy atom. The lowest BCUT2D eigenvalue weighted by Crippen LogP contribution is -2.16. The Morgan fingerprint density at radius 2 is 1.93 bits per heavy atom. The van der Waals surface area contributed by atoms with Gasteiger partial charge in [0.05, 0.1) is 35.3 Å². The largest absolute Gasteiger partial charge is 0.493 e. The number of nitro groups is 1. The number of nitrogens with one attached hydrogen (secondary N) is 1. The summed E-state index contributed by atoms with van der Waals surface area (Å²) in [5.41, 5.74) is 4.72. The standard InChI is InChI=1S/C17H16ClN3O6/c1-3-27-15-8-13(21(24)25)11(7-14(15)26-2)17(23)20-9-4-5-12(18)10(6-9)16(19)22/h4-8H,3H2,1-2H3,(H2,19,22)(H,20,23). The molecule has 142 valence electrons. The van der Waals surface area contributed by atoms with Gasteiger partial charge in [-0.15, -0.1) is 0 Å². The van der Waals surface area contributed by atoms with Crippen molar-refractivity contribution in [3.05, 3.63) is 56.6 Å². The lowest BCUT2D eigenvalue weighted by Gasteiger charge is -2.12. The van der Waals surface area contributed by atoms with Crippen LogP contribution in [0.2, 0.25) is 5.02 Å². The molecule has 0 atom stereocenters. The minimum absolute atomic E-state index is 0.00763. The first-order chi connectivity index (χ1) is 12.8. The van der Waals surface area contributed by atoms with Gasteiger partial charge in [0, 0.05) is 11.8 Å². The van der Waals surface area contributed by atoms with Gasteiger partial charge in [0.2, 0.25) is 5.91 Å². The number of halogens is 1. The Hall–Kier alpha value is -3.33. The van der Waals surface area contributed by atoms with Crippen molar-refractivity contribution in [3.8, 4) is 11.5 Å². The van der Waals surface area contributed by atoms with Crippen LogP contribution >= 0.6 is 11.6 Å². The molecule has 2 amide bonds. The van der Waals surface area contributed by atoms with Gasteiger partial charge in [-0.3, -0.25) is 19.7 Å². The number of amides is 2. The maximum atomic E-state index is 12.6. The van der Waals surface area contributed by atoms with Gasteiger partial charge in [-0.1, -0.05) is 11.6 Å². The lowest BCUT2D eigenvalue weighted by molar-refractivity contribution is -0.385. The Labute approximate surface area is 159 Å². The van der Waals surface area contributed by atoms with Crippen molar-refractivity contribution in [2.45, 2.75) is 6.92 Å². The van der Waals surface area contributed by atoms with Crippen LogP contribution in [0.1, 0.15) is 27.6 Å². The molecule has 9 nitrogen and oxygen atoms in total. The number of benzene rings is 2. The van der Waals surface area contributed by atoms with Gasteiger partial charge < -0.3 is 20.5 Å². The predicted octanol–water partition coefficient (Wildman–Crippen LogP) is 3.01. The van der Waals surface area contributed by atoms with Crippen LogP contribution in [0.5, 0.6) is 11.5 Å². The summed E-state index contributed by atoms with van der Waals surface area (Å²) in [5, 5.41) is 14.0. The molecule has 0 aliphatic carbocycles. The molecule has 2 aromatic rings. The van der Waals surface area contributed by atoms with Crippen molar-refractivity contribution in [1.29, 1.82) is 0 Å². The average molecular weight is 394 g/mol. The summed E-state index contributed by atoms with van der Waals surface area (Å²) < 4.78 is 10.4. The molecule has 2 aromatic carbocycles. The van der Waals surface area contributed by atoms with E-state index in [1.54, 1.807) is 6.92 Å². The number of carbonyl (C=O) groups excluding carboxylic acids is 2. The van der Waals surface area contributed by atoms with Gasteiger partial charge in [-0.05, 0) is 25.1 Å². The quantitative estimate of drug-likeness (QED) is 0.548. The molecule has 0 unspecified atom stereocenters. The van der Waals surface area contributed by atoms with E-state index in [0.29, 0.717) is 0 Å². The van der Waals surface area contributed by atoms with Gasteiger partial charge in [-0.2, -0.15) is 0 Å². The van der Waals surface area contributed by atoms with Gasteiger partial charge in [0.1, 0.15) is 5.56 Å². The van der Waals surface area contributed by atoms with Crippen molar-refractivity contribution in [2.75, 3.05) is 19.0 Å².